The summed E-state index contributed by atoms with van der Waals surface area (Å²) in [5, 5.41) is 4.18. The average molecular weight is 291 g/mol. The van der Waals surface area contributed by atoms with Crippen LogP contribution in [0.2, 0.25) is 0 Å². The molecule has 1 fully saturated rings. The normalized spacial score (nSPS) is 20.2. The van der Waals surface area contributed by atoms with Crippen LogP contribution in [0.4, 0.5) is 0 Å². The van der Waals surface area contributed by atoms with Crippen LogP contribution in [0, 0.1) is 5.92 Å². The van der Waals surface area contributed by atoms with Gasteiger partial charge in [0.15, 0.2) is 0 Å². The van der Waals surface area contributed by atoms with Crippen LogP contribution in [-0.2, 0) is 4.74 Å². The van der Waals surface area contributed by atoms with E-state index in [9.17, 15) is 0 Å². The van der Waals surface area contributed by atoms with Crippen LogP contribution in [0.3, 0.4) is 0 Å². The number of thiophene rings is 1. The summed E-state index contributed by atoms with van der Waals surface area (Å²) in [5.74, 6) is 6.28. The molecule has 1 saturated carbocycles. The first kappa shape index (κ1) is 11.5. The third-order valence-corrected chi connectivity index (χ3v) is 4.60. The van der Waals surface area contributed by atoms with Crippen molar-refractivity contribution in [1.82, 2.24) is 5.43 Å². The van der Waals surface area contributed by atoms with E-state index >= 15 is 0 Å². The third kappa shape index (κ3) is 2.42. The van der Waals surface area contributed by atoms with Crippen LogP contribution >= 0.6 is 27.3 Å². The summed E-state index contributed by atoms with van der Waals surface area (Å²) in [5.41, 5.74) is 4.06. The van der Waals surface area contributed by atoms with Crippen LogP contribution < -0.4 is 11.3 Å². The molecular weight excluding hydrogens is 276 g/mol. The molecular formula is C10H15BrN2OS. The second-order valence-electron chi connectivity index (χ2n) is 3.86. The molecule has 1 aromatic heterocycles. The Hall–Kier alpha value is 0.0600. The Morgan fingerprint density at radius 2 is 2.33 bits per heavy atom. The Balaban J connectivity index is 2.18. The second-order valence-corrected chi connectivity index (χ2v) is 5.46. The minimum Gasteiger partial charge on any atom is -0.379 e. The number of methoxy groups -OCH3 is 1. The summed E-state index contributed by atoms with van der Waals surface area (Å²) >= 11 is 5.21. The molecule has 1 aromatic rings. The first-order valence-electron chi connectivity index (χ1n) is 4.98. The Labute approximate surface area is 102 Å². The predicted octanol–water partition coefficient (Wildman–Crippen LogP) is 2.44. The number of halogens is 1. The van der Waals surface area contributed by atoms with Crippen molar-refractivity contribution in [2.24, 2.45) is 11.8 Å². The Morgan fingerprint density at radius 3 is 2.73 bits per heavy atom. The van der Waals surface area contributed by atoms with E-state index in [0.29, 0.717) is 5.92 Å². The highest BCUT2D eigenvalue weighted by atomic mass is 79.9. The zero-order valence-corrected chi connectivity index (χ0v) is 11.0. The predicted molar refractivity (Wildman–Crippen MR) is 65.6 cm³/mol. The monoisotopic (exact) mass is 290 g/mol. The van der Waals surface area contributed by atoms with Gasteiger partial charge in [-0.15, -0.1) is 0 Å². The Kier molecular flexibility index (Phi) is 3.79. The lowest BCUT2D eigenvalue weighted by molar-refractivity contribution is 0.0506. The van der Waals surface area contributed by atoms with Gasteiger partial charge in [-0.2, -0.15) is 11.3 Å². The maximum absolute atomic E-state index is 5.63. The molecule has 1 aliphatic rings. The van der Waals surface area contributed by atoms with Gasteiger partial charge in [0.1, 0.15) is 0 Å². The van der Waals surface area contributed by atoms with Gasteiger partial charge < -0.3 is 4.74 Å². The molecule has 15 heavy (non-hydrogen) atoms. The minimum absolute atomic E-state index is 0.0862. The summed E-state index contributed by atoms with van der Waals surface area (Å²) in [6.07, 6.45) is 2.68. The molecule has 3 N–H and O–H groups in total. The SMILES string of the molecule is COC(C1CC1)C(NN)c1cscc1Br. The van der Waals surface area contributed by atoms with Crippen molar-refractivity contribution >= 4 is 27.3 Å². The highest BCUT2D eigenvalue weighted by Crippen LogP contribution is 2.41. The van der Waals surface area contributed by atoms with Crippen molar-refractivity contribution in [2.75, 3.05) is 7.11 Å². The fraction of sp³-hybridized carbons (Fsp3) is 0.600. The maximum Gasteiger partial charge on any atom is 0.0807 e. The molecule has 0 saturated heterocycles. The molecule has 1 aliphatic carbocycles. The average Bonchev–Trinajstić information content (AvgIpc) is 2.99. The third-order valence-electron chi connectivity index (χ3n) is 2.84. The lowest BCUT2D eigenvalue weighted by Crippen LogP contribution is -2.38. The molecule has 3 nitrogen and oxygen atoms in total. The van der Waals surface area contributed by atoms with Gasteiger partial charge in [-0.25, -0.2) is 0 Å². The van der Waals surface area contributed by atoms with Crippen LogP contribution in [0.25, 0.3) is 0 Å². The molecule has 0 aromatic carbocycles. The van der Waals surface area contributed by atoms with Gasteiger partial charge in [0, 0.05) is 17.0 Å². The number of hydrogen-bond donors (Lipinski definition) is 2. The first-order chi connectivity index (χ1) is 7.27. The molecule has 0 spiro atoms. The van der Waals surface area contributed by atoms with Crippen LogP contribution in [0.15, 0.2) is 15.2 Å². The van der Waals surface area contributed by atoms with E-state index < -0.39 is 0 Å². The van der Waals surface area contributed by atoms with E-state index in [4.69, 9.17) is 10.6 Å². The van der Waals surface area contributed by atoms with Gasteiger partial charge >= 0.3 is 0 Å². The highest BCUT2D eigenvalue weighted by Gasteiger charge is 2.37. The topological polar surface area (TPSA) is 47.3 Å². The van der Waals surface area contributed by atoms with E-state index in [1.54, 1.807) is 18.4 Å². The van der Waals surface area contributed by atoms with E-state index in [1.807, 2.05) is 0 Å². The summed E-state index contributed by atoms with van der Waals surface area (Å²) in [7, 11) is 1.76. The van der Waals surface area contributed by atoms with Crippen LogP contribution in [0.5, 0.6) is 0 Å². The molecule has 2 unspecified atom stereocenters. The quantitative estimate of drug-likeness (QED) is 0.647. The molecule has 2 atom stereocenters. The number of hydrogen-bond acceptors (Lipinski definition) is 4. The zero-order chi connectivity index (χ0) is 10.8. The molecule has 0 bridgehead atoms. The molecule has 2 rings (SSSR count). The first-order valence-corrected chi connectivity index (χ1v) is 6.72. The smallest absolute Gasteiger partial charge is 0.0807 e. The largest absolute Gasteiger partial charge is 0.379 e. The van der Waals surface area contributed by atoms with Crippen molar-refractivity contribution in [3.63, 3.8) is 0 Å². The lowest BCUT2D eigenvalue weighted by Gasteiger charge is -2.25. The summed E-state index contributed by atoms with van der Waals surface area (Å²) in [6, 6.07) is 0.0862. The second kappa shape index (κ2) is 4.93. The molecule has 84 valence electrons. The number of nitrogens with one attached hydrogen (secondary N) is 1. The van der Waals surface area contributed by atoms with E-state index in [1.165, 1.54) is 18.4 Å². The molecule has 1 heterocycles. The van der Waals surface area contributed by atoms with E-state index in [-0.39, 0.29) is 12.1 Å². The molecule has 0 amide bonds. The number of ether oxygens (including phenoxy) is 1. The minimum atomic E-state index is 0.0862. The summed E-state index contributed by atoms with van der Waals surface area (Å²) in [4.78, 5) is 0. The van der Waals surface area contributed by atoms with Gasteiger partial charge in [-0.05, 0) is 45.6 Å². The van der Waals surface area contributed by atoms with Crippen molar-refractivity contribution in [1.29, 1.82) is 0 Å². The van der Waals surface area contributed by atoms with E-state index in [2.05, 4.69) is 32.1 Å². The van der Waals surface area contributed by atoms with Crippen molar-refractivity contribution < 1.29 is 4.74 Å². The van der Waals surface area contributed by atoms with Crippen molar-refractivity contribution in [3.05, 3.63) is 20.8 Å². The van der Waals surface area contributed by atoms with Crippen LogP contribution in [-0.4, -0.2) is 13.2 Å². The summed E-state index contributed by atoms with van der Waals surface area (Å²) < 4.78 is 6.66. The zero-order valence-electron chi connectivity index (χ0n) is 8.57. The Bertz CT molecular complexity index is 327. The lowest BCUT2D eigenvalue weighted by atomic mass is 10.0. The van der Waals surface area contributed by atoms with E-state index in [0.717, 1.165) is 4.47 Å². The summed E-state index contributed by atoms with van der Waals surface area (Å²) in [6.45, 7) is 0. The Morgan fingerprint density at radius 1 is 1.60 bits per heavy atom. The standard InChI is InChI=1S/C10H15BrN2OS/c1-14-10(6-2-3-6)9(13-12)7-4-15-5-8(7)11/h4-6,9-10,13H,2-3,12H2,1H3. The maximum atomic E-state index is 5.63. The van der Waals surface area contributed by atoms with Gasteiger partial charge in [0.25, 0.3) is 0 Å². The number of rotatable bonds is 5. The molecule has 0 radical (unpaired) electrons. The van der Waals surface area contributed by atoms with Gasteiger partial charge in [0.05, 0.1) is 12.1 Å². The highest BCUT2D eigenvalue weighted by molar-refractivity contribution is 9.10. The van der Waals surface area contributed by atoms with Gasteiger partial charge in [0.2, 0.25) is 0 Å². The molecule has 5 heteroatoms. The van der Waals surface area contributed by atoms with Crippen molar-refractivity contribution in [3.8, 4) is 0 Å². The fourth-order valence-electron chi connectivity index (χ4n) is 1.90. The van der Waals surface area contributed by atoms with Crippen LogP contribution in [0.1, 0.15) is 24.4 Å². The van der Waals surface area contributed by atoms with Gasteiger partial charge in [-0.3, -0.25) is 11.3 Å². The van der Waals surface area contributed by atoms with Gasteiger partial charge in [-0.1, -0.05) is 0 Å². The van der Waals surface area contributed by atoms with Crippen molar-refractivity contribution in [2.45, 2.75) is 25.0 Å². The number of hydrazine groups is 1. The fourth-order valence-corrected chi connectivity index (χ4v) is 3.48. The number of nitrogens with two attached hydrogens (primary N) is 1. The molecule has 0 aliphatic heterocycles.